The molecule has 1 amide bonds. The summed E-state index contributed by atoms with van der Waals surface area (Å²) in [5.41, 5.74) is -0.224. The zero-order chi connectivity index (χ0) is 20.6. The van der Waals surface area contributed by atoms with Gasteiger partial charge in [-0.3, -0.25) is 9.59 Å². The third-order valence-electron chi connectivity index (χ3n) is 4.45. The lowest BCUT2D eigenvalue weighted by Crippen LogP contribution is -2.44. The topological polar surface area (TPSA) is 84.9 Å². The van der Waals surface area contributed by atoms with Gasteiger partial charge in [0.05, 0.1) is 13.2 Å². The molecule has 0 aromatic heterocycles. The molecule has 0 aliphatic rings. The largest absolute Gasteiger partial charge is 0.490 e. The van der Waals surface area contributed by atoms with Crippen LogP contribution in [0.15, 0.2) is 48.5 Å². The van der Waals surface area contributed by atoms with Gasteiger partial charge in [-0.2, -0.15) is 0 Å². The van der Waals surface area contributed by atoms with Gasteiger partial charge in [0.15, 0.2) is 11.5 Å². The van der Waals surface area contributed by atoms with Gasteiger partial charge in [0, 0.05) is 12.1 Å². The Balaban J connectivity index is 2.17. The van der Waals surface area contributed by atoms with E-state index < -0.39 is 11.4 Å². The van der Waals surface area contributed by atoms with Gasteiger partial charge in [-0.25, -0.2) is 0 Å². The summed E-state index contributed by atoms with van der Waals surface area (Å²) in [5.74, 6) is -0.295. The van der Waals surface area contributed by atoms with E-state index in [1.807, 2.05) is 19.9 Å². The number of aliphatic carboxylic acids is 1. The van der Waals surface area contributed by atoms with Crippen LogP contribution in [0.25, 0.3) is 0 Å². The third-order valence-corrected chi connectivity index (χ3v) is 4.45. The van der Waals surface area contributed by atoms with Crippen molar-refractivity contribution in [1.29, 1.82) is 0 Å². The van der Waals surface area contributed by atoms with E-state index in [4.69, 9.17) is 9.47 Å². The van der Waals surface area contributed by atoms with Gasteiger partial charge in [0.2, 0.25) is 0 Å². The molecule has 1 unspecified atom stereocenters. The van der Waals surface area contributed by atoms with Crippen molar-refractivity contribution in [3.05, 3.63) is 59.7 Å². The first kappa shape index (κ1) is 21.3. The van der Waals surface area contributed by atoms with E-state index in [2.05, 4.69) is 5.32 Å². The third kappa shape index (κ3) is 5.03. The summed E-state index contributed by atoms with van der Waals surface area (Å²) in [4.78, 5) is 24.5. The monoisotopic (exact) mass is 385 g/mol. The predicted molar refractivity (Wildman–Crippen MR) is 107 cm³/mol. The van der Waals surface area contributed by atoms with Crippen LogP contribution >= 0.6 is 0 Å². The van der Waals surface area contributed by atoms with E-state index in [-0.39, 0.29) is 12.5 Å². The SMILES string of the molecule is CCCOc1ccc(C(=O)NCC(C)(C(=O)O)c2ccccc2)cc1OCC. The van der Waals surface area contributed by atoms with Gasteiger partial charge in [0.1, 0.15) is 5.41 Å². The molecule has 6 nitrogen and oxygen atoms in total. The van der Waals surface area contributed by atoms with E-state index in [0.717, 1.165) is 6.42 Å². The fourth-order valence-electron chi connectivity index (χ4n) is 2.72. The minimum atomic E-state index is -1.23. The Bertz CT molecular complexity index is 806. The van der Waals surface area contributed by atoms with Crippen LogP contribution in [0.3, 0.4) is 0 Å². The van der Waals surface area contributed by atoms with E-state index in [1.165, 1.54) is 0 Å². The molecule has 2 aromatic carbocycles. The summed E-state index contributed by atoms with van der Waals surface area (Å²) in [6, 6.07) is 13.8. The zero-order valence-electron chi connectivity index (χ0n) is 16.5. The number of carboxylic acid groups (broad SMARTS) is 1. The fourth-order valence-corrected chi connectivity index (χ4v) is 2.72. The highest BCUT2D eigenvalue weighted by atomic mass is 16.5. The molecule has 0 saturated heterocycles. The smallest absolute Gasteiger partial charge is 0.315 e. The van der Waals surface area contributed by atoms with Gasteiger partial charge in [-0.1, -0.05) is 37.3 Å². The Morgan fingerprint density at radius 3 is 2.36 bits per heavy atom. The summed E-state index contributed by atoms with van der Waals surface area (Å²) < 4.78 is 11.2. The first-order valence-corrected chi connectivity index (χ1v) is 9.39. The lowest BCUT2D eigenvalue weighted by Gasteiger charge is -2.25. The highest BCUT2D eigenvalue weighted by molar-refractivity contribution is 5.95. The van der Waals surface area contributed by atoms with Crippen molar-refractivity contribution in [2.24, 2.45) is 0 Å². The molecular weight excluding hydrogens is 358 g/mol. The van der Waals surface area contributed by atoms with Crippen LogP contribution in [0.2, 0.25) is 0 Å². The van der Waals surface area contributed by atoms with Gasteiger partial charge in [-0.05, 0) is 44.0 Å². The highest BCUT2D eigenvalue weighted by Crippen LogP contribution is 2.29. The molecule has 0 aliphatic heterocycles. The number of carbonyl (C=O) groups is 2. The molecule has 2 aromatic rings. The second-order valence-electron chi connectivity index (χ2n) is 6.63. The molecule has 0 radical (unpaired) electrons. The van der Waals surface area contributed by atoms with Crippen molar-refractivity contribution in [3.63, 3.8) is 0 Å². The van der Waals surface area contributed by atoms with Crippen molar-refractivity contribution < 1.29 is 24.2 Å². The Hall–Kier alpha value is -3.02. The number of carbonyl (C=O) groups excluding carboxylic acids is 1. The maximum atomic E-state index is 12.6. The minimum Gasteiger partial charge on any atom is -0.490 e. The lowest BCUT2D eigenvalue weighted by atomic mass is 9.82. The van der Waals surface area contributed by atoms with Crippen molar-refractivity contribution >= 4 is 11.9 Å². The first-order chi connectivity index (χ1) is 13.4. The fraction of sp³-hybridized carbons (Fsp3) is 0.364. The average molecular weight is 385 g/mol. The maximum Gasteiger partial charge on any atom is 0.315 e. The molecule has 150 valence electrons. The van der Waals surface area contributed by atoms with Crippen molar-refractivity contribution in [2.75, 3.05) is 19.8 Å². The van der Waals surface area contributed by atoms with E-state index in [9.17, 15) is 14.7 Å². The quantitative estimate of drug-likeness (QED) is 0.652. The molecule has 0 spiro atoms. The van der Waals surface area contributed by atoms with Crippen LogP contribution in [0.4, 0.5) is 0 Å². The van der Waals surface area contributed by atoms with Gasteiger partial charge < -0.3 is 19.9 Å². The summed E-state index contributed by atoms with van der Waals surface area (Å²) >= 11 is 0. The Morgan fingerprint density at radius 2 is 1.75 bits per heavy atom. The zero-order valence-corrected chi connectivity index (χ0v) is 16.5. The molecule has 6 heteroatoms. The molecular formula is C22H27NO5. The van der Waals surface area contributed by atoms with Crippen molar-refractivity contribution in [2.45, 2.75) is 32.6 Å². The van der Waals surface area contributed by atoms with E-state index in [0.29, 0.717) is 35.8 Å². The molecule has 28 heavy (non-hydrogen) atoms. The Kier molecular flexibility index (Phi) is 7.44. The molecule has 0 saturated carbocycles. The predicted octanol–water partition coefficient (Wildman–Crippen LogP) is 3.65. The average Bonchev–Trinajstić information content (AvgIpc) is 2.71. The van der Waals surface area contributed by atoms with Gasteiger partial charge in [-0.15, -0.1) is 0 Å². The van der Waals surface area contributed by atoms with Crippen LogP contribution in [0.5, 0.6) is 11.5 Å². The number of nitrogens with one attached hydrogen (secondary N) is 1. The standard InChI is InChI=1S/C22H27NO5/c1-4-13-28-18-12-11-16(14-19(18)27-5-2)20(24)23-15-22(3,21(25)26)17-9-7-6-8-10-17/h6-12,14H,4-5,13,15H2,1-3H3,(H,23,24)(H,25,26). The Morgan fingerprint density at radius 1 is 1.04 bits per heavy atom. The van der Waals surface area contributed by atoms with Crippen molar-refractivity contribution in [1.82, 2.24) is 5.32 Å². The molecule has 0 bridgehead atoms. The number of carboxylic acids is 1. The second kappa shape index (κ2) is 9.78. The number of hydrogen-bond acceptors (Lipinski definition) is 4. The van der Waals surface area contributed by atoms with Gasteiger partial charge in [0.25, 0.3) is 5.91 Å². The maximum absolute atomic E-state index is 12.6. The molecule has 0 aliphatic carbocycles. The normalized spacial score (nSPS) is 12.7. The van der Waals surface area contributed by atoms with E-state index >= 15 is 0 Å². The first-order valence-electron chi connectivity index (χ1n) is 9.39. The molecule has 0 heterocycles. The summed E-state index contributed by atoms with van der Waals surface area (Å²) in [6.45, 7) is 6.42. The van der Waals surface area contributed by atoms with Crippen LogP contribution < -0.4 is 14.8 Å². The lowest BCUT2D eigenvalue weighted by molar-refractivity contribution is -0.142. The number of ether oxygens (including phenoxy) is 2. The number of hydrogen-bond donors (Lipinski definition) is 2. The van der Waals surface area contributed by atoms with Crippen molar-refractivity contribution in [3.8, 4) is 11.5 Å². The van der Waals surface area contributed by atoms with Crippen LogP contribution in [0.1, 0.15) is 43.1 Å². The minimum absolute atomic E-state index is 0.0385. The van der Waals surface area contributed by atoms with E-state index in [1.54, 1.807) is 49.4 Å². The summed E-state index contributed by atoms with van der Waals surface area (Å²) in [6.07, 6.45) is 0.862. The number of rotatable bonds is 10. The molecule has 0 fully saturated rings. The number of amides is 1. The summed E-state index contributed by atoms with van der Waals surface area (Å²) in [5, 5.41) is 12.4. The molecule has 1 atom stereocenters. The summed E-state index contributed by atoms with van der Waals surface area (Å²) in [7, 11) is 0. The van der Waals surface area contributed by atoms with Gasteiger partial charge >= 0.3 is 5.97 Å². The molecule has 2 rings (SSSR count). The second-order valence-corrected chi connectivity index (χ2v) is 6.63. The Labute approximate surface area is 165 Å². The molecule has 2 N–H and O–H groups in total. The van der Waals surface area contributed by atoms with Crippen LogP contribution in [-0.4, -0.2) is 36.7 Å². The van der Waals surface area contributed by atoms with Crippen LogP contribution in [-0.2, 0) is 10.2 Å². The van der Waals surface area contributed by atoms with Crippen LogP contribution in [0, 0.1) is 0 Å². The number of benzene rings is 2. The highest BCUT2D eigenvalue weighted by Gasteiger charge is 2.35.